The highest BCUT2D eigenvalue weighted by Gasteiger charge is 2.15. The highest BCUT2D eigenvalue weighted by Crippen LogP contribution is 2.18. The van der Waals surface area contributed by atoms with Crippen molar-refractivity contribution in [3.05, 3.63) is 29.8 Å². The lowest BCUT2D eigenvalue weighted by molar-refractivity contribution is -0.122. The molecule has 1 aliphatic rings. The van der Waals surface area contributed by atoms with E-state index in [0.29, 0.717) is 13.0 Å². The van der Waals surface area contributed by atoms with Crippen LogP contribution in [0.15, 0.2) is 24.3 Å². The first-order chi connectivity index (χ1) is 10.4. The molecule has 0 aliphatic carbocycles. The summed E-state index contributed by atoms with van der Waals surface area (Å²) in [5, 5.41) is 3.00. The van der Waals surface area contributed by atoms with Gasteiger partial charge >= 0.3 is 0 Å². The molecule has 0 radical (unpaired) electrons. The molecule has 4 heteroatoms. The number of rotatable bonds is 5. The van der Waals surface area contributed by atoms with Gasteiger partial charge in [0.1, 0.15) is 0 Å². The minimum atomic E-state index is 0.0455. The van der Waals surface area contributed by atoms with Gasteiger partial charge in [-0.25, -0.2) is 0 Å². The van der Waals surface area contributed by atoms with Crippen molar-refractivity contribution >= 4 is 11.6 Å². The molecule has 1 aromatic carbocycles. The van der Waals surface area contributed by atoms with E-state index < -0.39 is 0 Å². The summed E-state index contributed by atoms with van der Waals surface area (Å²) < 4.78 is 5.37. The van der Waals surface area contributed by atoms with Gasteiger partial charge in [0.15, 0.2) is 0 Å². The third-order valence-corrected chi connectivity index (χ3v) is 3.74. The molecule has 1 N–H and O–H groups in total. The van der Waals surface area contributed by atoms with Gasteiger partial charge in [-0.1, -0.05) is 32.9 Å². The molecule has 2 rings (SSSR count). The van der Waals surface area contributed by atoms with Crippen molar-refractivity contribution in [2.45, 2.75) is 33.6 Å². The molecule has 0 spiro atoms. The summed E-state index contributed by atoms with van der Waals surface area (Å²) in [7, 11) is 0. The van der Waals surface area contributed by atoms with Crippen LogP contribution in [0.4, 0.5) is 5.69 Å². The SMILES string of the molecule is CC(C)(C)CC(=O)NCCc1ccc(N2CCOCC2)cc1. The number of benzene rings is 1. The number of morpholine rings is 1. The molecular formula is C18H28N2O2. The third-order valence-electron chi connectivity index (χ3n) is 3.74. The topological polar surface area (TPSA) is 41.6 Å². The van der Waals surface area contributed by atoms with Gasteiger partial charge in [-0.2, -0.15) is 0 Å². The number of carbonyl (C=O) groups is 1. The Balaban J connectivity index is 1.75. The number of nitrogens with one attached hydrogen (secondary N) is 1. The molecule has 0 unspecified atom stereocenters. The van der Waals surface area contributed by atoms with Crippen molar-refractivity contribution in [2.24, 2.45) is 5.41 Å². The van der Waals surface area contributed by atoms with Gasteiger partial charge < -0.3 is 15.0 Å². The van der Waals surface area contributed by atoms with Crippen LogP contribution in [0.25, 0.3) is 0 Å². The quantitative estimate of drug-likeness (QED) is 0.909. The molecule has 122 valence electrons. The first-order valence-corrected chi connectivity index (χ1v) is 8.12. The van der Waals surface area contributed by atoms with Crippen molar-refractivity contribution in [1.82, 2.24) is 5.32 Å². The Morgan fingerprint density at radius 3 is 2.41 bits per heavy atom. The van der Waals surface area contributed by atoms with E-state index in [1.807, 2.05) is 0 Å². The zero-order valence-electron chi connectivity index (χ0n) is 14.0. The number of ether oxygens (including phenoxy) is 1. The van der Waals surface area contributed by atoms with Crippen LogP contribution in [0, 0.1) is 5.41 Å². The summed E-state index contributed by atoms with van der Waals surface area (Å²) in [5.41, 5.74) is 2.56. The molecule has 1 aromatic rings. The van der Waals surface area contributed by atoms with Gasteiger partial charge in [-0.3, -0.25) is 4.79 Å². The van der Waals surface area contributed by atoms with Crippen LogP contribution >= 0.6 is 0 Å². The second-order valence-electron chi connectivity index (χ2n) is 7.10. The van der Waals surface area contributed by atoms with E-state index in [1.165, 1.54) is 11.3 Å². The molecule has 0 bridgehead atoms. The van der Waals surface area contributed by atoms with E-state index in [1.54, 1.807) is 0 Å². The zero-order chi connectivity index (χ0) is 16.0. The Morgan fingerprint density at radius 2 is 1.82 bits per heavy atom. The van der Waals surface area contributed by atoms with Crippen LogP contribution in [0.1, 0.15) is 32.8 Å². The smallest absolute Gasteiger partial charge is 0.220 e. The largest absolute Gasteiger partial charge is 0.378 e. The molecule has 1 heterocycles. The number of hydrogen-bond donors (Lipinski definition) is 1. The number of hydrogen-bond acceptors (Lipinski definition) is 3. The van der Waals surface area contributed by atoms with Gasteiger partial charge in [0.05, 0.1) is 13.2 Å². The average Bonchev–Trinajstić information content (AvgIpc) is 2.47. The summed E-state index contributed by atoms with van der Waals surface area (Å²) >= 11 is 0. The monoisotopic (exact) mass is 304 g/mol. The standard InChI is InChI=1S/C18H28N2O2/c1-18(2,3)14-17(21)19-9-8-15-4-6-16(7-5-15)20-10-12-22-13-11-20/h4-7H,8-14H2,1-3H3,(H,19,21). The number of amides is 1. The van der Waals surface area contributed by atoms with Gasteiger partial charge in [0.2, 0.25) is 5.91 Å². The summed E-state index contributed by atoms with van der Waals surface area (Å²) in [6.07, 6.45) is 1.45. The van der Waals surface area contributed by atoms with Crippen molar-refractivity contribution in [3.63, 3.8) is 0 Å². The summed E-state index contributed by atoms with van der Waals surface area (Å²) in [4.78, 5) is 14.1. The minimum Gasteiger partial charge on any atom is -0.378 e. The van der Waals surface area contributed by atoms with Gasteiger partial charge in [0.25, 0.3) is 0 Å². The van der Waals surface area contributed by atoms with Crippen molar-refractivity contribution in [2.75, 3.05) is 37.7 Å². The Bertz CT molecular complexity index is 471. The average molecular weight is 304 g/mol. The fourth-order valence-corrected chi connectivity index (χ4v) is 2.59. The van der Waals surface area contributed by atoms with E-state index in [0.717, 1.165) is 32.7 Å². The van der Waals surface area contributed by atoms with E-state index >= 15 is 0 Å². The number of anilines is 1. The van der Waals surface area contributed by atoms with Crippen LogP contribution < -0.4 is 10.2 Å². The lowest BCUT2D eigenvalue weighted by atomic mass is 9.92. The van der Waals surface area contributed by atoms with Crippen LogP contribution in [0.5, 0.6) is 0 Å². The molecule has 0 atom stereocenters. The van der Waals surface area contributed by atoms with Crippen LogP contribution in [-0.4, -0.2) is 38.8 Å². The molecule has 0 saturated carbocycles. The van der Waals surface area contributed by atoms with Crippen molar-refractivity contribution in [1.29, 1.82) is 0 Å². The van der Waals surface area contributed by atoms with Crippen molar-refractivity contribution in [3.8, 4) is 0 Å². The van der Waals surface area contributed by atoms with Crippen LogP contribution in [0.2, 0.25) is 0 Å². The third kappa shape index (κ3) is 5.68. The lowest BCUT2D eigenvalue weighted by Gasteiger charge is -2.28. The second-order valence-corrected chi connectivity index (χ2v) is 7.10. The summed E-state index contributed by atoms with van der Waals surface area (Å²) in [6, 6.07) is 8.64. The van der Waals surface area contributed by atoms with E-state index in [9.17, 15) is 4.79 Å². The molecule has 22 heavy (non-hydrogen) atoms. The van der Waals surface area contributed by atoms with E-state index in [2.05, 4.69) is 55.3 Å². The Labute approximate surface area is 133 Å². The summed E-state index contributed by atoms with van der Waals surface area (Å²) in [6.45, 7) is 10.5. The first kappa shape index (κ1) is 16.8. The maximum absolute atomic E-state index is 11.8. The molecule has 1 fully saturated rings. The van der Waals surface area contributed by atoms with Gasteiger partial charge in [-0.05, 0) is 29.5 Å². The molecule has 0 aromatic heterocycles. The molecule has 1 amide bonds. The van der Waals surface area contributed by atoms with Crippen molar-refractivity contribution < 1.29 is 9.53 Å². The first-order valence-electron chi connectivity index (χ1n) is 8.12. The van der Waals surface area contributed by atoms with Gasteiger partial charge in [0, 0.05) is 31.7 Å². The summed E-state index contributed by atoms with van der Waals surface area (Å²) in [5.74, 6) is 0.137. The second kappa shape index (κ2) is 7.63. The predicted molar refractivity (Wildman–Crippen MR) is 90.3 cm³/mol. The molecule has 4 nitrogen and oxygen atoms in total. The maximum Gasteiger partial charge on any atom is 0.220 e. The Kier molecular flexibility index (Phi) is 5.83. The number of nitrogens with zero attached hydrogens (tertiary/aromatic N) is 1. The highest BCUT2D eigenvalue weighted by molar-refractivity contribution is 5.76. The highest BCUT2D eigenvalue weighted by atomic mass is 16.5. The zero-order valence-corrected chi connectivity index (χ0v) is 14.0. The fraction of sp³-hybridized carbons (Fsp3) is 0.611. The Hall–Kier alpha value is -1.55. The van der Waals surface area contributed by atoms with Gasteiger partial charge in [-0.15, -0.1) is 0 Å². The van der Waals surface area contributed by atoms with Crippen LogP contribution in [-0.2, 0) is 16.0 Å². The lowest BCUT2D eigenvalue weighted by Crippen LogP contribution is -2.36. The predicted octanol–water partition coefficient (Wildman–Crippen LogP) is 2.62. The van der Waals surface area contributed by atoms with E-state index in [-0.39, 0.29) is 11.3 Å². The number of carbonyl (C=O) groups excluding carboxylic acids is 1. The Morgan fingerprint density at radius 1 is 1.18 bits per heavy atom. The van der Waals surface area contributed by atoms with E-state index in [4.69, 9.17) is 4.74 Å². The normalized spacial score (nSPS) is 15.7. The van der Waals surface area contributed by atoms with Crippen LogP contribution in [0.3, 0.4) is 0 Å². The molecular weight excluding hydrogens is 276 g/mol. The molecule has 1 aliphatic heterocycles. The maximum atomic E-state index is 11.8. The fourth-order valence-electron chi connectivity index (χ4n) is 2.59. The minimum absolute atomic E-state index is 0.0455. The molecule has 1 saturated heterocycles.